The smallest absolute Gasteiger partial charge is 0.337 e. The fourth-order valence-electron chi connectivity index (χ4n) is 3.05. The van der Waals surface area contributed by atoms with Gasteiger partial charge in [0.2, 0.25) is 5.91 Å². The molecule has 1 aliphatic rings. The second-order valence-corrected chi connectivity index (χ2v) is 7.64. The highest BCUT2D eigenvalue weighted by Gasteiger charge is 2.40. The minimum Gasteiger partial charge on any atom is -0.465 e. The number of amides is 1. The number of ether oxygens (including phenoxy) is 1. The first-order valence-electron chi connectivity index (χ1n) is 9.29. The zero-order chi connectivity index (χ0) is 19.5. The van der Waals surface area contributed by atoms with E-state index in [-0.39, 0.29) is 29.3 Å². The number of aliphatic imine (C=N–C) groups is 1. The van der Waals surface area contributed by atoms with Crippen LogP contribution < -0.4 is 0 Å². The van der Waals surface area contributed by atoms with Crippen LogP contribution in [-0.2, 0) is 16.1 Å². The number of hydrogen-bond donors (Lipinski definition) is 0. The standard InChI is InChI=1S/C21H30N2O3/c1-7-15(4)19-22-21(5,14(2)3)12-18(24)23(19)13-16-9-8-10-17(11-16)20(25)26-6/h8-11,14-15H,7,12-13H2,1-6H3. The molecule has 1 amide bonds. The van der Waals surface area contributed by atoms with Crippen molar-refractivity contribution in [3.05, 3.63) is 35.4 Å². The molecule has 2 rings (SSSR count). The summed E-state index contributed by atoms with van der Waals surface area (Å²) in [7, 11) is 1.36. The maximum atomic E-state index is 13.0. The van der Waals surface area contributed by atoms with Gasteiger partial charge in [0.05, 0.1) is 31.2 Å². The van der Waals surface area contributed by atoms with E-state index in [1.165, 1.54) is 7.11 Å². The number of hydrogen-bond acceptors (Lipinski definition) is 4. The molecule has 1 aromatic carbocycles. The highest BCUT2D eigenvalue weighted by molar-refractivity contribution is 6.02. The number of esters is 1. The van der Waals surface area contributed by atoms with Gasteiger partial charge in [-0.1, -0.05) is 39.8 Å². The first-order valence-corrected chi connectivity index (χ1v) is 9.29. The highest BCUT2D eigenvalue weighted by Crippen LogP contribution is 2.33. The second kappa shape index (κ2) is 8.02. The van der Waals surface area contributed by atoms with Crippen molar-refractivity contribution < 1.29 is 14.3 Å². The van der Waals surface area contributed by atoms with Crippen molar-refractivity contribution in [2.24, 2.45) is 16.8 Å². The molecular formula is C21H30N2O3. The molecule has 0 N–H and O–H groups in total. The summed E-state index contributed by atoms with van der Waals surface area (Å²) < 4.78 is 4.79. The molecule has 2 unspecified atom stereocenters. The van der Waals surface area contributed by atoms with Gasteiger partial charge in [-0.25, -0.2) is 4.79 Å². The van der Waals surface area contributed by atoms with Crippen LogP contribution in [0.15, 0.2) is 29.3 Å². The zero-order valence-corrected chi connectivity index (χ0v) is 16.7. The van der Waals surface area contributed by atoms with Crippen LogP contribution in [0.2, 0.25) is 0 Å². The Morgan fingerprint density at radius 1 is 1.35 bits per heavy atom. The van der Waals surface area contributed by atoms with Crippen molar-refractivity contribution in [3.63, 3.8) is 0 Å². The average molecular weight is 358 g/mol. The molecule has 2 atom stereocenters. The number of amidine groups is 1. The Labute approximate surface area is 156 Å². The Kier molecular flexibility index (Phi) is 6.21. The molecule has 0 saturated carbocycles. The molecule has 0 saturated heterocycles. The summed E-state index contributed by atoms with van der Waals surface area (Å²) in [6.45, 7) is 10.9. The van der Waals surface area contributed by atoms with E-state index in [2.05, 4.69) is 34.6 Å². The summed E-state index contributed by atoms with van der Waals surface area (Å²) in [6, 6.07) is 7.23. The van der Waals surface area contributed by atoms with Gasteiger partial charge >= 0.3 is 5.97 Å². The molecule has 1 heterocycles. The Balaban J connectivity index is 2.38. The van der Waals surface area contributed by atoms with Crippen LogP contribution in [0.1, 0.15) is 63.4 Å². The number of methoxy groups -OCH3 is 1. The predicted octanol–water partition coefficient (Wildman–Crippen LogP) is 4.06. The first-order chi connectivity index (χ1) is 12.2. The molecule has 1 aliphatic heterocycles. The van der Waals surface area contributed by atoms with Gasteiger partial charge in [0.15, 0.2) is 0 Å². The van der Waals surface area contributed by atoms with Crippen LogP contribution >= 0.6 is 0 Å². The van der Waals surface area contributed by atoms with E-state index in [1.54, 1.807) is 17.0 Å². The predicted molar refractivity (Wildman–Crippen MR) is 103 cm³/mol. The highest BCUT2D eigenvalue weighted by atomic mass is 16.5. The van der Waals surface area contributed by atoms with E-state index < -0.39 is 0 Å². The van der Waals surface area contributed by atoms with Gasteiger partial charge in [-0.2, -0.15) is 0 Å². The topological polar surface area (TPSA) is 59.0 Å². The molecule has 26 heavy (non-hydrogen) atoms. The molecule has 0 bridgehead atoms. The average Bonchev–Trinajstić information content (AvgIpc) is 2.62. The maximum Gasteiger partial charge on any atom is 0.337 e. The van der Waals surface area contributed by atoms with Crippen molar-refractivity contribution in [3.8, 4) is 0 Å². The molecule has 0 radical (unpaired) electrons. The lowest BCUT2D eigenvalue weighted by molar-refractivity contribution is -0.130. The Hall–Kier alpha value is -2.17. The van der Waals surface area contributed by atoms with Gasteiger partial charge in [-0.15, -0.1) is 0 Å². The number of benzene rings is 1. The van der Waals surface area contributed by atoms with Crippen LogP contribution in [0.4, 0.5) is 0 Å². The Morgan fingerprint density at radius 3 is 2.62 bits per heavy atom. The van der Waals surface area contributed by atoms with Crippen molar-refractivity contribution >= 4 is 17.7 Å². The number of carbonyl (C=O) groups is 2. The zero-order valence-electron chi connectivity index (χ0n) is 16.7. The molecule has 0 aliphatic carbocycles. The summed E-state index contributed by atoms with van der Waals surface area (Å²) >= 11 is 0. The number of rotatable bonds is 6. The molecular weight excluding hydrogens is 328 g/mol. The quantitative estimate of drug-likeness (QED) is 0.720. The third kappa shape index (κ3) is 4.14. The fourth-order valence-corrected chi connectivity index (χ4v) is 3.05. The Morgan fingerprint density at radius 2 is 2.04 bits per heavy atom. The van der Waals surface area contributed by atoms with Crippen LogP contribution in [0.5, 0.6) is 0 Å². The van der Waals surface area contributed by atoms with E-state index in [4.69, 9.17) is 9.73 Å². The third-order valence-electron chi connectivity index (χ3n) is 5.44. The minimum absolute atomic E-state index is 0.0926. The minimum atomic E-state index is -0.375. The van der Waals surface area contributed by atoms with Gasteiger partial charge in [-0.3, -0.25) is 14.7 Å². The van der Waals surface area contributed by atoms with Gasteiger partial charge in [0.1, 0.15) is 5.84 Å². The molecule has 1 aromatic rings. The Bertz CT molecular complexity index is 711. The van der Waals surface area contributed by atoms with E-state index in [0.717, 1.165) is 17.8 Å². The molecule has 5 heteroatoms. The number of nitrogens with zero attached hydrogens (tertiary/aromatic N) is 2. The molecule has 142 valence electrons. The van der Waals surface area contributed by atoms with E-state index in [9.17, 15) is 9.59 Å². The van der Waals surface area contributed by atoms with Gasteiger partial charge in [0, 0.05) is 5.92 Å². The van der Waals surface area contributed by atoms with Gasteiger partial charge in [0.25, 0.3) is 0 Å². The van der Waals surface area contributed by atoms with Crippen molar-refractivity contribution in [1.82, 2.24) is 4.90 Å². The van der Waals surface area contributed by atoms with Crippen molar-refractivity contribution in [2.45, 2.75) is 59.5 Å². The van der Waals surface area contributed by atoms with E-state index in [1.807, 2.05) is 12.1 Å². The summed E-state index contributed by atoms with van der Waals surface area (Å²) in [4.78, 5) is 31.6. The summed E-state index contributed by atoms with van der Waals surface area (Å²) in [5.41, 5.74) is 1.02. The molecule has 5 nitrogen and oxygen atoms in total. The normalized spacial score (nSPS) is 21.6. The SMILES string of the molecule is CCC(C)C1=NC(C)(C(C)C)CC(=O)N1Cc1cccc(C(=O)OC)c1. The fraction of sp³-hybridized carbons (Fsp3) is 0.571. The van der Waals surface area contributed by atoms with E-state index >= 15 is 0 Å². The lowest BCUT2D eigenvalue weighted by atomic mass is 9.83. The molecule has 0 spiro atoms. The third-order valence-corrected chi connectivity index (χ3v) is 5.44. The first kappa shape index (κ1) is 20.1. The molecule has 0 aromatic heterocycles. The van der Waals surface area contributed by atoms with Gasteiger partial charge < -0.3 is 4.74 Å². The van der Waals surface area contributed by atoms with Crippen LogP contribution in [-0.4, -0.2) is 35.3 Å². The summed E-state index contributed by atoms with van der Waals surface area (Å²) in [6.07, 6.45) is 1.32. The number of carbonyl (C=O) groups excluding carboxylic acids is 2. The van der Waals surface area contributed by atoms with Crippen LogP contribution in [0.25, 0.3) is 0 Å². The van der Waals surface area contributed by atoms with Gasteiger partial charge in [-0.05, 0) is 37.0 Å². The summed E-state index contributed by atoms with van der Waals surface area (Å²) in [5.74, 6) is 1.05. The second-order valence-electron chi connectivity index (χ2n) is 7.64. The van der Waals surface area contributed by atoms with Crippen LogP contribution in [0.3, 0.4) is 0 Å². The van der Waals surface area contributed by atoms with Crippen LogP contribution in [0, 0.1) is 11.8 Å². The summed E-state index contributed by atoms with van der Waals surface area (Å²) in [5, 5.41) is 0. The maximum absolute atomic E-state index is 13.0. The van der Waals surface area contributed by atoms with E-state index in [0.29, 0.717) is 18.5 Å². The lowest BCUT2D eigenvalue weighted by Gasteiger charge is -2.40. The van der Waals surface area contributed by atoms with Crippen molar-refractivity contribution in [2.75, 3.05) is 7.11 Å². The van der Waals surface area contributed by atoms with Crippen molar-refractivity contribution in [1.29, 1.82) is 0 Å². The monoisotopic (exact) mass is 358 g/mol. The molecule has 0 fully saturated rings. The lowest BCUT2D eigenvalue weighted by Crippen LogP contribution is -2.50. The largest absolute Gasteiger partial charge is 0.465 e.